The van der Waals surface area contributed by atoms with Crippen molar-refractivity contribution < 1.29 is 9.59 Å². The van der Waals surface area contributed by atoms with Crippen LogP contribution in [-0.4, -0.2) is 11.8 Å². The molecule has 5 heteroatoms. The first-order valence-corrected chi connectivity index (χ1v) is 9.24. The molecule has 1 aliphatic rings. The normalized spacial score (nSPS) is 14.6. The van der Waals surface area contributed by atoms with E-state index in [1.54, 1.807) is 11.3 Å². The molecule has 0 fully saturated rings. The summed E-state index contributed by atoms with van der Waals surface area (Å²) in [4.78, 5) is 24.9. The number of fused-ring (bicyclic) bond motifs is 1. The molecule has 0 saturated heterocycles. The lowest BCUT2D eigenvalue weighted by molar-refractivity contribution is -0.121. The highest BCUT2D eigenvalue weighted by molar-refractivity contribution is 7.09. The van der Waals surface area contributed by atoms with Gasteiger partial charge >= 0.3 is 0 Å². The molecule has 2 aromatic rings. The first kappa shape index (κ1) is 16.7. The third kappa shape index (κ3) is 4.23. The largest absolute Gasteiger partial charge is 0.350 e. The van der Waals surface area contributed by atoms with Gasteiger partial charge in [-0.3, -0.25) is 9.59 Å². The minimum atomic E-state index is -0.0258. The number of nitrogens with one attached hydrogen (secondary N) is 2. The maximum atomic E-state index is 12.1. The van der Waals surface area contributed by atoms with Crippen LogP contribution in [0.4, 0.5) is 5.69 Å². The molecule has 126 valence electrons. The van der Waals surface area contributed by atoms with E-state index in [1.807, 2.05) is 25.1 Å². The van der Waals surface area contributed by atoms with Crippen LogP contribution in [0, 0.1) is 0 Å². The fraction of sp³-hybridized carbons (Fsp3) is 0.368. The van der Waals surface area contributed by atoms with Crippen molar-refractivity contribution in [3.8, 4) is 0 Å². The Hall–Kier alpha value is -2.14. The molecule has 0 spiro atoms. The average Bonchev–Trinajstić information content (AvgIpc) is 3.07. The standard InChI is InChI=1S/C19H22N2O2S/c1-13(20-18(22)6-2-4-16-5-3-11-24-16)14-7-9-17-15(12-14)8-10-19(23)21-17/h3,5,7,9,11-13H,2,4,6,8,10H2,1H3,(H,20,22)(H,21,23)/t13-/m1/s1. The van der Waals surface area contributed by atoms with Gasteiger partial charge in [0.05, 0.1) is 6.04 Å². The highest BCUT2D eigenvalue weighted by Gasteiger charge is 2.17. The van der Waals surface area contributed by atoms with Crippen molar-refractivity contribution in [2.45, 2.75) is 45.1 Å². The number of carbonyl (C=O) groups is 2. The van der Waals surface area contributed by atoms with E-state index in [0.717, 1.165) is 36.1 Å². The minimum Gasteiger partial charge on any atom is -0.350 e. The van der Waals surface area contributed by atoms with Crippen molar-refractivity contribution in [2.75, 3.05) is 5.32 Å². The van der Waals surface area contributed by atoms with E-state index in [1.165, 1.54) is 4.88 Å². The monoisotopic (exact) mass is 342 g/mol. The molecule has 1 atom stereocenters. The molecule has 0 unspecified atom stereocenters. The predicted molar refractivity (Wildman–Crippen MR) is 97.2 cm³/mol. The zero-order valence-corrected chi connectivity index (χ0v) is 14.6. The molecular formula is C19H22N2O2S. The Kier molecular flexibility index (Phi) is 5.30. The summed E-state index contributed by atoms with van der Waals surface area (Å²) in [7, 11) is 0. The van der Waals surface area contributed by atoms with Gasteiger partial charge in [-0.25, -0.2) is 0 Å². The van der Waals surface area contributed by atoms with E-state index >= 15 is 0 Å². The fourth-order valence-corrected chi connectivity index (χ4v) is 3.70. The van der Waals surface area contributed by atoms with Crippen LogP contribution in [-0.2, 0) is 22.4 Å². The van der Waals surface area contributed by atoms with E-state index in [-0.39, 0.29) is 17.9 Å². The quantitative estimate of drug-likeness (QED) is 0.838. The first-order chi connectivity index (χ1) is 11.6. The fourth-order valence-electron chi connectivity index (χ4n) is 2.95. The number of amides is 2. The highest BCUT2D eigenvalue weighted by atomic mass is 32.1. The van der Waals surface area contributed by atoms with Crippen LogP contribution >= 0.6 is 11.3 Å². The van der Waals surface area contributed by atoms with Crippen molar-refractivity contribution in [3.63, 3.8) is 0 Å². The topological polar surface area (TPSA) is 58.2 Å². The summed E-state index contributed by atoms with van der Waals surface area (Å²) in [6.45, 7) is 2.00. The van der Waals surface area contributed by atoms with Gasteiger partial charge in [-0.15, -0.1) is 11.3 Å². The molecule has 4 nitrogen and oxygen atoms in total. The molecule has 1 aliphatic heterocycles. The summed E-state index contributed by atoms with van der Waals surface area (Å²) in [5.41, 5.74) is 3.12. The number of aryl methyl sites for hydroxylation is 2. The number of hydrogen-bond acceptors (Lipinski definition) is 3. The number of rotatable bonds is 6. The van der Waals surface area contributed by atoms with Gasteiger partial charge in [0.25, 0.3) is 0 Å². The second kappa shape index (κ2) is 7.62. The van der Waals surface area contributed by atoms with E-state index < -0.39 is 0 Å². The van der Waals surface area contributed by atoms with Gasteiger partial charge < -0.3 is 10.6 Å². The van der Waals surface area contributed by atoms with E-state index in [2.05, 4.69) is 28.1 Å². The third-order valence-corrected chi connectivity index (χ3v) is 5.25. The molecule has 1 aromatic heterocycles. The molecule has 0 radical (unpaired) electrons. The van der Waals surface area contributed by atoms with Crippen LogP contribution < -0.4 is 10.6 Å². The molecule has 24 heavy (non-hydrogen) atoms. The van der Waals surface area contributed by atoms with Crippen LogP contribution in [0.2, 0.25) is 0 Å². The molecule has 0 saturated carbocycles. The molecular weight excluding hydrogens is 320 g/mol. The van der Waals surface area contributed by atoms with E-state index in [4.69, 9.17) is 0 Å². The number of hydrogen-bond donors (Lipinski definition) is 2. The second-order valence-electron chi connectivity index (χ2n) is 6.19. The number of carbonyl (C=O) groups excluding carboxylic acids is 2. The van der Waals surface area contributed by atoms with Gasteiger partial charge in [0.2, 0.25) is 11.8 Å². The van der Waals surface area contributed by atoms with E-state index in [9.17, 15) is 9.59 Å². The zero-order valence-electron chi connectivity index (χ0n) is 13.8. The SMILES string of the molecule is C[C@@H](NC(=O)CCCc1cccs1)c1ccc2c(c1)CCC(=O)N2. The lowest BCUT2D eigenvalue weighted by atomic mass is 9.97. The van der Waals surface area contributed by atoms with Crippen molar-refractivity contribution >= 4 is 28.8 Å². The number of anilines is 1. The summed E-state index contributed by atoms with van der Waals surface area (Å²) >= 11 is 1.74. The molecule has 2 N–H and O–H groups in total. The Morgan fingerprint density at radius 2 is 2.21 bits per heavy atom. The Balaban J connectivity index is 1.51. The summed E-state index contributed by atoms with van der Waals surface area (Å²) < 4.78 is 0. The molecule has 2 heterocycles. The van der Waals surface area contributed by atoms with Crippen molar-refractivity contribution in [1.29, 1.82) is 0 Å². The molecule has 0 bridgehead atoms. The average molecular weight is 342 g/mol. The van der Waals surface area contributed by atoms with Crippen molar-refractivity contribution in [1.82, 2.24) is 5.32 Å². The summed E-state index contributed by atoms with van der Waals surface area (Å²) in [5, 5.41) is 8.02. The van der Waals surface area contributed by atoms with Gasteiger partial charge in [0, 0.05) is 23.4 Å². The van der Waals surface area contributed by atoms with Gasteiger partial charge in [0.15, 0.2) is 0 Å². The van der Waals surface area contributed by atoms with Gasteiger partial charge in [-0.2, -0.15) is 0 Å². The maximum absolute atomic E-state index is 12.1. The predicted octanol–water partition coefficient (Wildman–Crippen LogP) is 3.83. The van der Waals surface area contributed by atoms with Crippen LogP contribution in [0.1, 0.15) is 48.2 Å². The van der Waals surface area contributed by atoms with Gasteiger partial charge in [-0.05, 0) is 54.8 Å². The second-order valence-corrected chi connectivity index (χ2v) is 7.22. The lowest BCUT2D eigenvalue weighted by Crippen LogP contribution is -2.27. The van der Waals surface area contributed by atoms with E-state index in [0.29, 0.717) is 12.8 Å². The van der Waals surface area contributed by atoms with Crippen LogP contribution in [0.3, 0.4) is 0 Å². The third-order valence-electron chi connectivity index (χ3n) is 4.31. The smallest absolute Gasteiger partial charge is 0.224 e. The maximum Gasteiger partial charge on any atom is 0.224 e. The minimum absolute atomic E-state index is 0.0258. The molecule has 2 amide bonds. The molecule has 0 aliphatic carbocycles. The van der Waals surface area contributed by atoms with Crippen LogP contribution in [0.5, 0.6) is 0 Å². The van der Waals surface area contributed by atoms with Gasteiger partial charge in [-0.1, -0.05) is 18.2 Å². The summed E-state index contributed by atoms with van der Waals surface area (Å²) in [6, 6.07) is 10.1. The summed E-state index contributed by atoms with van der Waals surface area (Å²) in [5.74, 6) is 0.160. The first-order valence-electron chi connectivity index (χ1n) is 8.36. The van der Waals surface area contributed by atoms with Crippen LogP contribution in [0.15, 0.2) is 35.7 Å². The van der Waals surface area contributed by atoms with Crippen molar-refractivity contribution in [3.05, 3.63) is 51.7 Å². The van der Waals surface area contributed by atoms with Crippen molar-refractivity contribution in [2.24, 2.45) is 0 Å². The zero-order chi connectivity index (χ0) is 16.9. The number of thiophene rings is 1. The Morgan fingerprint density at radius 1 is 1.33 bits per heavy atom. The summed E-state index contributed by atoms with van der Waals surface area (Å²) in [6.07, 6.45) is 3.66. The molecule has 3 rings (SSSR count). The Bertz CT molecular complexity index is 725. The number of benzene rings is 1. The highest BCUT2D eigenvalue weighted by Crippen LogP contribution is 2.26. The van der Waals surface area contributed by atoms with Crippen LogP contribution in [0.25, 0.3) is 0 Å². The Labute approximate surface area is 146 Å². The Morgan fingerprint density at radius 3 is 3.00 bits per heavy atom. The molecule has 1 aromatic carbocycles. The lowest BCUT2D eigenvalue weighted by Gasteiger charge is -2.20. The van der Waals surface area contributed by atoms with Gasteiger partial charge in [0.1, 0.15) is 0 Å².